The van der Waals surface area contributed by atoms with E-state index in [2.05, 4.69) is 95.4 Å². The predicted octanol–water partition coefficient (Wildman–Crippen LogP) is 7.63. The Morgan fingerprint density at radius 3 is 2.03 bits per heavy atom. The summed E-state index contributed by atoms with van der Waals surface area (Å²) in [4.78, 5) is 0. The first-order valence-electron chi connectivity index (χ1n) is 10.1. The fourth-order valence-corrected chi connectivity index (χ4v) is 5.68. The molecule has 1 aliphatic rings. The van der Waals surface area contributed by atoms with Crippen LogP contribution in [0.3, 0.4) is 0 Å². The third-order valence-electron chi connectivity index (χ3n) is 6.81. The lowest BCUT2D eigenvalue weighted by Crippen LogP contribution is -1.85. The van der Waals surface area contributed by atoms with Gasteiger partial charge in [0.1, 0.15) is 0 Å². The van der Waals surface area contributed by atoms with E-state index in [-0.39, 0.29) is 0 Å². The van der Waals surface area contributed by atoms with Crippen molar-refractivity contribution >= 4 is 71.8 Å². The van der Waals surface area contributed by atoms with Crippen molar-refractivity contribution in [2.75, 3.05) is 0 Å². The highest BCUT2D eigenvalue weighted by atomic mass is 14.9. The average molecular weight is 365 g/mol. The summed E-state index contributed by atoms with van der Waals surface area (Å²) >= 11 is 0. The molecule has 0 amide bonds. The molecule has 3 heterocycles. The Kier molecular flexibility index (Phi) is 2.25. The molecule has 5 aromatic carbocycles. The van der Waals surface area contributed by atoms with Gasteiger partial charge in [-0.1, -0.05) is 78.9 Å². The van der Waals surface area contributed by atoms with E-state index >= 15 is 0 Å². The van der Waals surface area contributed by atoms with Crippen LogP contribution >= 0.6 is 0 Å². The Morgan fingerprint density at radius 1 is 0.483 bits per heavy atom. The molecule has 1 heteroatoms. The lowest BCUT2D eigenvalue weighted by atomic mass is 9.97. The molecule has 0 spiro atoms. The standard InChI is InChI=1S/C28H15N/c1-3-9-19-17(6-1)14-23-24-15-18-7-2-4-10-20(18)25-22-11-5-8-16-12-13-21(19)27(23)29(26(16)22)28(24)25/h1-15H. The second kappa shape index (κ2) is 4.59. The molecule has 0 radical (unpaired) electrons. The lowest BCUT2D eigenvalue weighted by molar-refractivity contribution is 1.37. The number of fused-ring (bicyclic) bond motifs is 6. The van der Waals surface area contributed by atoms with Gasteiger partial charge in [0.2, 0.25) is 0 Å². The zero-order valence-electron chi connectivity index (χ0n) is 15.6. The van der Waals surface area contributed by atoms with Crippen molar-refractivity contribution in [3.63, 3.8) is 0 Å². The van der Waals surface area contributed by atoms with E-state index in [0.717, 1.165) is 0 Å². The molecule has 1 nitrogen and oxygen atoms in total. The Morgan fingerprint density at radius 2 is 1.17 bits per heavy atom. The molecule has 0 unspecified atom stereocenters. The first-order valence-corrected chi connectivity index (χ1v) is 10.1. The first-order chi connectivity index (χ1) is 14.4. The van der Waals surface area contributed by atoms with Crippen molar-refractivity contribution in [3.05, 3.63) is 90.0 Å². The minimum absolute atomic E-state index is 1.29. The van der Waals surface area contributed by atoms with Gasteiger partial charge in [0, 0.05) is 27.1 Å². The molecule has 0 fully saturated rings. The number of benzene rings is 5. The van der Waals surface area contributed by atoms with Crippen molar-refractivity contribution in [1.29, 1.82) is 0 Å². The van der Waals surface area contributed by atoms with Gasteiger partial charge < -0.3 is 4.40 Å². The molecule has 0 aliphatic carbocycles. The summed E-state index contributed by atoms with van der Waals surface area (Å²) in [5.41, 5.74) is 6.66. The van der Waals surface area contributed by atoms with Crippen molar-refractivity contribution < 1.29 is 0 Å². The van der Waals surface area contributed by atoms with E-state index in [1.54, 1.807) is 0 Å². The topological polar surface area (TPSA) is 4.41 Å². The van der Waals surface area contributed by atoms with Crippen LogP contribution in [-0.4, -0.2) is 4.40 Å². The molecule has 0 bridgehead atoms. The maximum Gasteiger partial charge on any atom is 0.0627 e. The van der Waals surface area contributed by atoms with Crippen LogP contribution in [0.15, 0.2) is 78.9 Å². The summed E-state index contributed by atoms with van der Waals surface area (Å²) < 4.78 is 2.54. The fraction of sp³-hybridized carbons (Fsp3) is 0. The first kappa shape index (κ1) is 14.2. The minimum Gasteiger partial charge on any atom is -0.307 e. The number of hydrogen-bond acceptors (Lipinski definition) is 0. The second-order valence-corrected chi connectivity index (χ2v) is 8.19. The molecular formula is C28H15N. The van der Waals surface area contributed by atoms with Crippen LogP contribution in [0.1, 0.15) is 11.1 Å². The SMILES string of the molecule is C1=Cc2cccc3c4c5ccccc5cc5c6cc7ccccc7c1c6n(c23)c54. The van der Waals surface area contributed by atoms with E-state index in [4.69, 9.17) is 0 Å². The summed E-state index contributed by atoms with van der Waals surface area (Å²) in [5.74, 6) is 0. The van der Waals surface area contributed by atoms with Crippen LogP contribution in [-0.2, 0) is 0 Å². The summed E-state index contributed by atoms with van der Waals surface area (Å²) in [6, 6.07) is 29.1. The fourth-order valence-electron chi connectivity index (χ4n) is 5.68. The molecule has 2 aromatic heterocycles. The molecule has 7 aromatic rings. The van der Waals surface area contributed by atoms with Crippen LogP contribution < -0.4 is 0 Å². The van der Waals surface area contributed by atoms with E-state index in [1.807, 2.05) is 0 Å². The highest BCUT2D eigenvalue weighted by Crippen LogP contribution is 2.47. The quantitative estimate of drug-likeness (QED) is 0.260. The van der Waals surface area contributed by atoms with Gasteiger partial charge in [-0.05, 0) is 39.2 Å². The van der Waals surface area contributed by atoms with Gasteiger partial charge >= 0.3 is 0 Å². The number of rotatable bonds is 0. The molecule has 0 saturated heterocycles. The molecule has 1 aliphatic heterocycles. The van der Waals surface area contributed by atoms with Crippen LogP contribution in [0.4, 0.5) is 0 Å². The molecule has 8 rings (SSSR count). The normalized spacial score (nSPS) is 13.4. The maximum atomic E-state index is 2.54. The Balaban J connectivity index is 1.87. The predicted molar refractivity (Wildman–Crippen MR) is 125 cm³/mol. The second-order valence-electron chi connectivity index (χ2n) is 8.19. The van der Waals surface area contributed by atoms with Gasteiger partial charge in [-0.3, -0.25) is 0 Å². The Bertz CT molecular complexity index is 1850. The summed E-state index contributed by atoms with van der Waals surface area (Å²) in [7, 11) is 0. The van der Waals surface area contributed by atoms with Gasteiger partial charge in [0.25, 0.3) is 0 Å². The third kappa shape index (κ3) is 1.49. The van der Waals surface area contributed by atoms with E-state index in [1.165, 1.54) is 70.8 Å². The van der Waals surface area contributed by atoms with E-state index < -0.39 is 0 Å². The minimum atomic E-state index is 1.29. The van der Waals surface area contributed by atoms with Gasteiger partial charge in [-0.2, -0.15) is 0 Å². The summed E-state index contributed by atoms with van der Waals surface area (Å²) in [5, 5.41) is 10.7. The third-order valence-corrected chi connectivity index (χ3v) is 6.81. The number of nitrogens with zero attached hydrogens (tertiary/aromatic N) is 1. The molecule has 29 heavy (non-hydrogen) atoms. The van der Waals surface area contributed by atoms with Gasteiger partial charge in [-0.25, -0.2) is 0 Å². The van der Waals surface area contributed by atoms with E-state index in [0.29, 0.717) is 0 Å². The molecule has 0 N–H and O–H groups in total. The average Bonchev–Trinajstić information content (AvgIpc) is 3.20. The highest BCUT2D eigenvalue weighted by molar-refractivity contribution is 6.34. The number of hydrogen-bond donors (Lipinski definition) is 0. The monoisotopic (exact) mass is 365 g/mol. The van der Waals surface area contributed by atoms with Gasteiger partial charge in [0.05, 0.1) is 16.6 Å². The maximum absolute atomic E-state index is 2.54. The Hall–Kier alpha value is -3.84. The lowest BCUT2D eigenvalue weighted by Gasteiger charge is -2.06. The van der Waals surface area contributed by atoms with Crippen LogP contribution in [0.25, 0.3) is 71.8 Å². The van der Waals surface area contributed by atoms with Gasteiger partial charge in [0.15, 0.2) is 0 Å². The van der Waals surface area contributed by atoms with Crippen molar-refractivity contribution in [2.45, 2.75) is 0 Å². The molecule has 0 saturated carbocycles. The zero-order valence-corrected chi connectivity index (χ0v) is 15.6. The molecule has 132 valence electrons. The highest BCUT2D eigenvalue weighted by Gasteiger charge is 2.24. The zero-order chi connectivity index (χ0) is 18.7. The van der Waals surface area contributed by atoms with Crippen molar-refractivity contribution in [3.8, 4) is 0 Å². The number of para-hydroxylation sites is 1. The Labute approximate surface area is 166 Å². The van der Waals surface area contributed by atoms with E-state index in [9.17, 15) is 0 Å². The van der Waals surface area contributed by atoms with Crippen LogP contribution in [0.5, 0.6) is 0 Å². The molecular weight excluding hydrogens is 350 g/mol. The van der Waals surface area contributed by atoms with Crippen LogP contribution in [0.2, 0.25) is 0 Å². The summed E-state index contributed by atoms with van der Waals surface area (Å²) in [6.07, 6.45) is 4.62. The van der Waals surface area contributed by atoms with Gasteiger partial charge in [-0.15, -0.1) is 0 Å². The van der Waals surface area contributed by atoms with Crippen LogP contribution in [0, 0.1) is 0 Å². The van der Waals surface area contributed by atoms with Crippen molar-refractivity contribution in [1.82, 2.24) is 4.40 Å². The van der Waals surface area contributed by atoms with Crippen molar-refractivity contribution in [2.24, 2.45) is 0 Å². The summed E-state index contributed by atoms with van der Waals surface area (Å²) in [6.45, 7) is 0. The molecule has 0 atom stereocenters. The number of aromatic nitrogens is 1. The largest absolute Gasteiger partial charge is 0.307 e. The smallest absolute Gasteiger partial charge is 0.0627 e.